The van der Waals surface area contributed by atoms with Crippen molar-refractivity contribution in [3.8, 4) is 44.9 Å². The number of esters is 4. The van der Waals surface area contributed by atoms with Crippen molar-refractivity contribution in [2.45, 2.75) is 60.2 Å². The Balaban J connectivity index is 1.36. The zero-order chi connectivity index (χ0) is 38.2. The number of carbonyl (C=O) groups excluding carboxylic acids is 4. The lowest BCUT2D eigenvalue weighted by molar-refractivity contribution is -0.132. The maximum atomic E-state index is 13.6. The number of carbonyl (C=O) groups is 4. The highest BCUT2D eigenvalue weighted by Crippen LogP contribution is 2.35. The average molecular weight is 715 g/mol. The fourth-order valence-electron chi connectivity index (χ4n) is 6.27. The average Bonchev–Trinajstić information content (AvgIpc) is 3.13. The van der Waals surface area contributed by atoms with E-state index in [9.17, 15) is 19.2 Å². The van der Waals surface area contributed by atoms with E-state index in [0.717, 1.165) is 33.5 Å². The van der Waals surface area contributed by atoms with E-state index in [0.29, 0.717) is 23.2 Å². The van der Waals surface area contributed by atoms with E-state index in [1.165, 1.54) is 51.3 Å². The molecule has 0 atom stereocenters. The van der Waals surface area contributed by atoms with E-state index < -0.39 is 23.9 Å². The summed E-state index contributed by atoms with van der Waals surface area (Å²) < 4.78 is 21.1. The van der Waals surface area contributed by atoms with Crippen LogP contribution in [0.15, 0.2) is 103 Å². The Morgan fingerprint density at radius 2 is 1.11 bits per heavy atom. The molecule has 0 saturated carbocycles. The number of rotatable bonds is 12. The van der Waals surface area contributed by atoms with Gasteiger partial charge in [0.1, 0.15) is 18.1 Å². The van der Waals surface area contributed by atoms with Crippen molar-refractivity contribution >= 4 is 29.6 Å². The predicted molar refractivity (Wildman–Crippen MR) is 203 cm³/mol. The molecule has 5 rings (SSSR count). The van der Waals surface area contributed by atoms with Gasteiger partial charge in [0.2, 0.25) is 0 Å². The highest BCUT2D eigenvalue weighted by atomic mass is 16.5. The summed E-state index contributed by atoms with van der Waals surface area (Å²) >= 11 is 0. The molecule has 0 spiro atoms. The van der Waals surface area contributed by atoms with Crippen LogP contribution in [0.5, 0.6) is 11.5 Å². The van der Waals surface area contributed by atoms with Gasteiger partial charge in [-0.1, -0.05) is 48.5 Å². The van der Waals surface area contributed by atoms with E-state index in [-0.39, 0.29) is 29.2 Å². The first-order valence-corrected chi connectivity index (χ1v) is 17.2. The first kappa shape index (κ1) is 38.0. The fourth-order valence-corrected chi connectivity index (χ4v) is 6.27. The Morgan fingerprint density at radius 3 is 1.60 bits per heavy atom. The van der Waals surface area contributed by atoms with Gasteiger partial charge >= 0.3 is 23.9 Å². The SMILES string of the molecule is COC(=O)c1cc(OC(C)=O)ccc1-c1ccc(OC(C)=O)cc1C(=O)OCc1ccc(-c2ccc(-c3cnccc3N(C(C)C)C(C)C)cc2)cc1. The van der Waals surface area contributed by atoms with Crippen molar-refractivity contribution in [3.63, 3.8) is 0 Å². The molecule has 0 fully saturated rings. The number of methoxy groups -OCH3 is 1. The zero-order valence-electron chi connectivity index (χ0n) is 30.8. The Kier molecular flexibility index (Phi) is 12.0. The second-order valence-corrected chi connectivity index (χ2v) is 12.9. The molecule has 0 N–H and O–H groups in total. The number of anilines is 1. The van der Waals surface area contributed by atoms with E-state index in [4.69, 9.17) is 18.9 Å². The highest BCUT2D eigenvalue weighted by Gasteiger charge is 2.23. The number of aromatic nitrogens is 1. The lowest BCUT2D eigenvalue weighted by Crippen LogP contribution is -2.37. The molecule has 0 aliphatic carbocycles. The van der Waals surface area contributed by atoms with Gasteiger partial charge in [-0.25, -0.2) is 9.59 Å². The maximum Gasteiger partial charge on any atom is 0.339 e. The molecule has 0 amide bonds. The molecule has 272 valence electrons. The van der Waals surface area contributed by atoms with Gasteiger partial charge in [-0.15, -0.1) is 0 Å². The van der Waals surface area contributed by atoms with Crippen molar-refractivity contribution in [2.75, 3.05) is 12.0 Å². The Bertz CT molecular complexity index is 2110. The van der Waals surface area contributed by atoms with Crippen LogP contribution < -0.4 is 14.4 Å². The second kappa shape index (κ2) is 16.8. The van der Waals surface area contributed by atoms with Crippen molar-refractivity contribution in [3.05, 3.63) is 120 Å². The third kappa shape index (κ3) is 9.15. The lowest BCUT2D eigenvalue weighted by atomic mass is 9.94. The van der Waals surface area contributed by atoms with E-state index in [1.54, 1.807) is 6.07 Å². The molecule has 0 radical (unpaired) electrons. The van der Waals surface area contributed by atoms with Crippen LogP contribution in [0, 0.1) is 0 Å². The number of hydrogen-bond acceptors (Lipinski definition) is 10. The molecule has 5 aromatic rings. The Hall–Kier alpha value is -6.29. The number of hydrogen-bond donors (Lipinski definition) is 0. The fraction of sp³-hybridized carbons (Fsp3) is 0.233. The predicted octanol–water partition coefficient (Wildman–Crippen LogP) is 8.70. The zero-order valence-corrected chi connectivity index (χ0v) is 30.8. The molecule has 4 aromatic carbocycles. The maximum absolute atomic E-state index is 13.6. The van der Waals surface area contributed by atoms with Crippen LogP contribution in [0.3, 0.4) is 0 Å². The molecule has 53 heavy (non-hydrogen) atoms. The van der Waals surface area contributed by atoms with Crippen molar-refractivity contribution in [1.82, 2.24) is 4.98 Å². The third-order valence-electron chi connectivity index (χ3n) is 8.46. The first-order chi connectivity index (χ1) is 25.4. The smallest absolute Gasteiger partial charge is 0.339 e. The molecular weight excluding hydrogens is 672 g/mol. The van der Waals surface area contributed by atoms with Crippen molar-refractivity contribution < 1.29 is 38.1 Å². The molecule has 0 aliphatic heterocycles. The molecule has 0 unspecified atom stereocenters. The molecule has 10 heteroatoms. The standard InChI is InChI=1S/C43H42N2O8/c1-26(2)45(27(3)4)41-20-21-44-24-40(41)33-14-12-32(13-15-33)31-10-8-30(9-11-31)25-51-43(49)39-23-35(53-29(6)47)17-19-37(39)36-18-16-34(52-28(5)46)22-38(36)42(48)50-7/h8-24,26-27H,25H2,1-7H3. The number of nitrogens with zero attached hydrogens (tertiary/aromatic N) is 2. The van der Waals surface area contributed by atoms with Gasteiger partial charge in [0.15, 0.2) is 0 Å². The molecule has 0 bridgehead atoms. The van der Waals surface area contributed by atoms with Gasteiger partial charge in [0.05, 0.1) is 18.2 Å². The van der Waals surface area contributed by atoms with Gasteiger partial charge in [-0.2, -0.15) is 0 Å². The molecule has 10 nitrogen and oxygen atoms in total. The normalized spacial score (nSPS) is 10.9. The van der Waals surface area contributed by atoms with Crippen LogP contribution >= 0.6 is 0 Å². The van der Waals surface area contributed by atoms with Crippen LogP contribution in [0.2, 0.25) is 0 Å². The van der Waals surface area contributed by atoms with E-state index in [2.05, 4.69) is 67.9 Å². The monoisotopic (exact) mass is 714 g/mol. The van der Waals surface area contributed by atoms with Crippen LogP contribution in [0.4, 0.5) is 5.69 Å². The number of pyridine rings is 1. The summed E-state index contributed by atoms with van der Waals surface area (Å²) in [7, 11) is 1.22. The summed E-state index contributed by atoms with van der Waals surface area (Å²) in [6.45, 7) is 11.2. The summed E-state index contributed by atoms with van der Waals surface area (Å²) in [5.74, 6) is -2.31. The van der Waals surface area contributed by atoms with Crippen LogP contribution in [-0.2, 0) is 25.7 Å². The summed E-state index contributed by atoms with van der Waals surface area (Å²) in [6.07, 6.45) is 3.74. The minimum Gasteiger partial charge on any atom is -0.465 e. The first-order valence-electron chi connectivity index (χ1n) is 17.2. The molecule has 0 saturated heterocycles. The highest BCUT2D eigenvalue weighted by molar-refractivity contribution is 6.04. The van der Waals surface area contributed by atoms with Crippen molar-refractivity contribution in [1.29, 1.82) is 0 Å². The quantitative estimate of drug-likeness (QED) is 0.0916. The summed E-state index contributed by atoms with van der Waals surface area (Å²) in [6, 6.07) is 27.6. The molecule has 1 heterocycles. The molecule has 1 aromatic heterocycles. The minimum atomic E-state index is -0.711. The second-order valence-electron chi connectivity index (χ2n) is 12.9. The van der Waals surface area contributed by atoms with Gasteiger partial charge in [-0.3, -0.25) is 14.6 Å². The number of ether oxygens (including phenoxy) is 4. The van der Waals surface area contributed by atoms with Crippen LogP contribution in [0.1, 0.15) is 67.8 Å². The van der Waals surface area contributed by atoms with Gasteiger partial charge in [0, 0.05) is 49.6 Å². The lowest BCUT2D eigenvalue weighted by Gasteiger charge is -2.34. The van der Waals surface area contributed by atoms with Crippen LogP contribution in [0.25, 0.3) is 33.4 Å². The Labute approximate surface area is 309 Å². The Morgan fingerprint density at radius 1 is 0.623 bits per heavy atom. The topological polar surface area (TPSA) is 121 Å². The van der Waals surface area contributed by atoms with Crippen molar-refractivity contribution in [2.24, 2.45) is 0 Å². The third-order valence-corrected chi connectivity index (χ3v) is 8.46. The van der Waals surface area contributed by atoms with Gasteiger partial charge in [0.25, 0.3) is 0 Å². The molecule has 0 aliphatic rings. The molecular formula is C43H42N2O8. The van der Waals surface area contributed by atoms with E-state index >= 15 is 0 Å². The van der Waals surface area contributed by atoms with E-state index in [1.807, 2.05) is 36.7 Å². The summed E-state index contributed by atoms with van der Waals surface area (Å²) in [4.78, 5) is 56.5. The summed E-state index contributed by atoms with van der Waals surface area (Å²) in [5, 5.41) is 0. The largest absolute Gasteiger partial charge is 0.465 e. The van der Waals surface area contributed by atoms with Crippen LogP contribution in [-0.4, -0.2) is 48.1 Å². The minimum absolute atomic E-state index is 0.0451. The summed E-state index contributed by atoms with van der Waals surface area (Å²) in [5.41, 5.74) is 6.80. The van der Waals surface area contributed by atoms with Gasteiger partial charge in [-0.05, 0) is 104 Å². The number of benzene rings is 4. The van der Waals surface area contributed by atoms with Gasteiger partial charge < -0.3 is 23.8 Å².